The highest BCUT2D eigenvalue weighted by Gasteiger charge is 2.18. The Hall–Kier alpha value is -2.68. The third-order valence-corrected chi connectivity index (χ3v) is 3.57. The van der Waals surface area contributed by atoms with Gasteiger partial charge in [0.2, 0.25) is 0 Å². The Kier molecular flexibility index (Phi) is 4.89. The summed E-state index contributed by atoms with van der Waals surface area (Å²) in [5.41, 5.74) is 6.22. The van der Waals surface area contributed by atoms with Gasteiger partial charge in [0.25, 0.3) is 5.91 Å². The quantitative estimate of drug-likeness (QED) is 0.622. The van der Waals surface area contributed by atoms with Crippen LogP contribution in [0.4, 0.5) is 14.3 Å². The van der Waals surface area contributed by atoms with Crippen LogP contribution in [-0.2, 0) is 0 Å². The van der Waals surface area contributed by atoms with Crippen molar-refractivity contribution in [3.63, 3.8) is 0 Å². The zero-order valence-electron chi connectivity index (χ0n) is 11.3. The first-order chi connectivity index (χ1) is 10.5. The molecule has 0 unspecified atom stereocenters. The number of nitrogen functional groups attached to an aromatic ring is 1. The largest absolute Gasteiger partial charge is 0.465 e. The van der Waals surface area contributed by atoms with E-state index in [-0.39, 0.29) is 23.9 Å². The van der Waals surface area contributed by atoms with Crippen LogP contribution < -0.4 is 16.4 Å². The van der Waals surface area contributed by atoms with Gasteiger partial charge in [0, 0.05) is 13.1 Å². The van der Waals surface area contributed by atoms with Crippen LogP contribution in [0.15, 0.2) is 24.3 Å². The van der Waals surface area contributed by atoms with Gasteiger partial charge in [-0.25, -0.2) is 14.2 Å². The molecule has 0 spiro atoms. The zero-order chi connectivity index (χ0) is 16.1. The highest BCUT2D eigenvalue weighted by molar-refractivity contribution is 7.19. The SMILES string of the molecule is Nc1nc(C(=O)NCCNC(=O)O)c(-c2cccc(F)c2)s1. The summed E-state index contributed by atoms with van der Waals surface area (Å²) in [7, 11) is 0. The Morgan fingerprint density at radius 2 is 2.05 bits per heavy atom. The Morgan fingerprint density at radius 1 is 1.32 bits per heavy atom. The predicted molar refractivity (Wildman–Crippen MR) is 80.3 cm³/mol. The van der Waals surface area contributed by atoms with E-state index >= 15 is 0 Å². The molecule has 0 saturated heterocycles. The number of nitrogens with two attached hydrogens (primary N) is 1. The summed E-state index contributed by atoms with van der Waals surface area (Å²) in [6.07, 6.45) is -1.17. The number of hydrogen-bond donors (Lipinski definition) is 4. The summed E-state index contributed by atoms with van der Waals surface area (Å²) in [5.74, 6) is -0.930. The van der Waals surface area contributed by atoms with E-state index in [2.05, 4.69) is 15.6 Å². The smallest absolute Gasteiger partial charge is 0.404 e. The predicted octanol–water partition coefficient (Wildman–Crippen LogP) is 1.53. The minimum Gasteiger partial charge on any atom is -0.465 e. The lowest BCUT2D eigenvalue weighted by Gasteiger charge is -2.05. The van der Waals surface area contributed by atoms with Crippen molar-refractivity contribution < 1.29 is 19.1 Å². The average Bonchev–Trinajstić information content (AvgIpc) is 2.85. The number of carbonyl (C=O) groups excluding carboxylic acids is 1. The second-order valence-corrected chi connectivity index (χ2v) is 5.26. The molecule has 7 nitrogen and oxygen atoms in total. The van der Waals surface area contributed by atoms with Gasteiger partial charge in [-0.05, 0) is 17.7 Å². The van der Waals surface area contributed by atoms with Crippen LogP contribution in [0.2, 0.25) is 0 Å². The summed E-state index contributed by atoms with van der Waals surface area (Å²) >= 11 is 1.08. The summed E-state index contributed by atoms with van der Waals surface area (Å²) in [5, 5.41) is 13.3. The summed E-state index contributed by atoms with van der Waals surface area (Å²) in [6, 6.07) is 5.76. The molecule has 2 rings (SSSR count). The van der Waals surface area contributed by atoms with Crippen molar-refractivity contribution in [3.8, 4) is 10.4 Å². The number of nitrogens with one attached hydrogen (secondary N) is 2. The van der Waals surface area contributed by atoms with Crippen molar-refractivity contribution in [1.82, 2.24) is 15.6 Å². The number of anilines is 1. The number of carboxylic acid groups (broad SMARTS) is 1. The van der Waals surface area contributed by atoms with Gasteiger partial charge < -0.3 is 21.5 Å². The molecule has 1 aromatic carbocycles. The number of hydrogen-bond acceptors (Lipinski definition) is 5. The molecule has 2 amide bonds. The molecule has 0 bridgehead atoms. The molecule has 0 fully saturated rings. The topological polar surface area (TPSA) is 117 Å². The maximum atomic E-state index is 13.3. The molecule has 5 N–H and O–H groups in total. The summed E-state index contributed by atoms with van der Waals surface area (Å²) < 4.78 is 13.3. The fourth-order valence-electron chi connectivity index (χ4n) is 1.75. The number of carbonyl (C=O) groups is 2. The third kappa shape index (κ3) is 3.92. The Balaban J connectivity index is 2.14. The Morgan fingerprint density at radius 3 is 2.73 bits per heavy atom. The van der Waals surface area contributed by atoms with Crippen molar-refractivity contribution in [2.75, 3.05) is 18.8 Å². The maximum absolute atomic E-state index is 13.3. The molecular formula is C13H13FN4O3S. The molecule has 0 aliphatic carbocycles. The molecule has 0 aliphatic heterocycles. The van der Waals surface area contributed by atoms with E-state index in [1.807, 2.05) is 0 Å². The molecular weight excluding hydrogens is 311 g/mol. The van der Waals surface area contributed by atoms with Gasteiger partial charge in [0.05, 0.1) is 4.88 Å². The van der Waals surface area contributed by atoms with Gasteiger partial charge in [0.1, 0.15) is 11.5 Å². The van der Waals surface area contributed by atoms with E-state index < -0.39 is 17.8 Å². The van der Waals surface area contributed by atoms with E-state index in [0.29, 0.717) is 10.4 Å². The number of benzene rings is 1. The van der Waals surface area contributed by atoms with Gasteiger partial charge in [0.15, 0.2) is 5.13 Å². The number of thiazole rings is 1. The zero-order valence-corrected chi connectivity index (χ0v) is 12.1. The van der Waals surface area contributed by atoms with E-state index in [9.17, 15) is 14.0 Å². The fourth-order valence-corrected chi connectivity index (χ4v) is 2.57. The van der Waals surface area contributed by atoms with Crippen LogP contribution in [0.5, 0.6) is 0 Å². The first kappa shape index (κ1) is 15.7. The van der Waals surface area contributed by atoms with E-state index in [1.54, 1.807) is 6.07 Å². The van der Waals surface area contributed by atoms with Crippen LogP contribution in [0.3, 0.4) is 0 Å². The molecule has 0 aliphatic rings. The number of amides is 2. The lowest BCUT2D eigenvalue weighted by Crippen LogP contribution is -2.34. The molecule has 2 aromatic rings. The number of halogens is 1. The van der Waals surface area contributed by atoms with Crippen LogP contribution in [0, 0.1) is 5.82 Å². The maximum Gasteiger partial charge on any atom is 0.404 e. The number of rotatable bonds is 5. The normalized spacial score (nSPS) is 10.2. The average molecular weight is 324 g/mol. The lowest BCUT2D eigenvalue weighted by molar-refractivity contribution is 0.0949. The second-order valence-electron chi connectivity index (χ2n) is 4.23. The number of nitrogens with zero attached hydrogens (tertiary/aromatic N) is 1. The van der Waals surface area contributed by atoms with Gasteiger partial charge in [-0.2, -0.15) is 0 Å². The van der Waals surface area contributed by atoms with E-state index in [1.165, 1.54) is 18.2 Å². The van der Waals surface area contributed by atoms with Crippen molar-refractivity contribution in [2.45, 2.75) is 0 Å². The van der Waals surface area contributed by atoms with Crippen molar-refractivity contribution in [3.05, 3.63) is 35.8 Å². The van der Waals surface area contributed by atoms with Gasteiger partial charge in [-0.15, -0.1) is 0 Å². The molecule has 0 atom stereocenters. The summed E-state index contributed by atoms with van der Waals surface area (Å²) in [6.45, 7) is 0.168. The van der Waals surface area contributed by atoms with Crippen molar-refractivity contribution in [1.29, 1.82) is 0 Å². The van der Waals surface area contributed by atoms with Crippen molar-refractivity contribution >= 4 is 28.5 Å². The van der Waals surface area contributed by atoms with Gasteiger partial charge in [-0.3, -0.25) is 4.79 Å². The molecule has 1 aromatic heterocycles. The van der Waals surface area contributed by atoms with E-state index in [0.717, 1.165) is 11.3 Å². The molecule has 1 heterocycles. The first-order valence-corrected chi connectivity index (χ1v) is 7.06. The third-order valence-electron chi connectivity index (χ3n) is 2.63. The second kappa shape index (κ2) is 6.85. The standard InChI is InChI=1S/C13H13FN4O3S/c14-8-3-1-2-7(6-8)10-9(18-12(15)22-10)11(19)16-4-5-17-13(20)21/h1-3,6,17H,4-5H2,(H2,15,18)(H,16,19)(H,20,21). The minimum atomic E-state index is -1.17. The van der Waals surface area contributed by atoms with Crippen LogP contribution in [0.25, 0.3) is 10.4 Å². The molecule has 9 heteroatoms. The van der Waals surface area contributed by atoms with Crippen LogP contribution in [0.1, 0.15) is 10.5 Å². The molecule has 0 saturated carbocycles. The minimum absolute atomic E-state index is 0.0655. The van der Waals surface area contributed by atoms with Gasteiger partial charge >= 0.3 is 6.09 Å². The van der Waals surface area contributed by atoms with Crippen LogP contribution in [-0.4, -0.2) is 35.2 Å². The fraction of sp³-hybridized carbons (Fsp3) is 0.154. The molecule has 116 valence electrons. The Bertz CT molecular complexity index is 704. The highest BCUT2D eigenvalue weighted by atomic mass is 32.1. The van der Waals surface area contributed by atoms with Crippen molar-refractivity contribution in [2.24, 2.45) is 0 Å². The monoisotopic (exact) mass is 324 g/mol. The van der Waals surface area contributed by atoms with Gasteiger partial charge in [-0.1, -0.05) is 23.5 Å². The lowest BCUT2D eigenvalue weighted by atomic mass is 10.1. The molecule has 0 radical (unpaired) electrons. The molecule has 22 heavy (non-hydrogen) atoms. The van der Waals surface area contributed by atoms with Crippen LogP contribution >= 0.6 is 11.3 Å². The van der Waals surface area contributed by atoms with E-state index in [4.69, 9.17) is 10.8 Å². The Labute approximate surface area is 129 Å². The summed E-state index contributed by atoms with van der Waals surface area (Å²) in [4.78, 5) is 26.8. The number of aromatic nitrogens is 1. The highest BCUT2D eigenvalue weighted by Crippen LogP contribution is 2.31. The first-order valence-electron chi connectivity index (χ1n) is 6.24.